The molecule has 5 heteroatoms. The van der Waals surface area contributed by atoms with Crippen LogP contribution < -0.4 is 0 Å². The normalized spacial score (nSPS) is 19.7. The van der Waals surface area contributed by atoms with Gasteiger partial charge in [0.1, 0.15) is 0 Å². The second kappa shape index (κ2) is 7.78. The van der Waals surface area contributed by atoms with Gasteiger partial charge in [0, 0.05) is 39.5 Å². The third kappa shape index (κ3) is 5.29. The summed E-state index contributed by atoms with van der Waals surface area (Å²) in [7, 11) is 1.70. The zero-order chi connectivity index (χ0) is 14.3. The van der Waals surface area contributed by atoms with E-state index in [0.29, 0.717) is 38.3 Å². The van der Waals surface area contributed by atoms with Gasteiger partial charge in [0.15, 0.2) is 0 Å². The van der Waals surface area contributed by atoms with Crippen LogP contribution in [0.3, 0.4) is 0 Å². The molecule has 1 heterocycles. The Hall–Kier alpha value is -1.57. The molecule has 0 aromatic rings. The highest BCUT2D eigenvalue weighted by molar-refractivity contribution is 5.79. The molecule has 0 aromatic heterocycles. The van der Waals surface area contributed by atoms with E-state index >= 15 is 0 Å². The molecule has 1 fully saturated rings. The molecule has 0 N–H and O–H groups in total. The Balaban J connectivity index is 2.36. The highest BCUT2D eigenvalue weighted by Crippen LogP contribution is 2.17. The summed E-state index contributed by atoms with van der Waals surface area (Å²) in [5, 5.41) is 8.48. The lowest BCUT2D eigenvalue weighted by Gasteiger charge is -2.22. The van der Waals surface area contributed by atoms with Crippen LogP contribution >= 0.6 is 0 Å². The molecule has 1 saturated heterocycles. The summed E-state index contributed by atoms with van der Waals surface area (Å²) in [5.74, 6) is 0.750. The number of amides is 2. The van der Waals surface area contributed by atoms with Crippen molar-refractivity contribution >= 4 is 11.8 Å². The first-order valence-corrected chi connectivity index (χ1v) is 6.93. The molecule has 1 aliphatic rings. The first kappa shape index (κ1) is 15.5. The van der Waals surface area contributed by atoms with Crippen LogP contribution in [0.1, 0.15) is 39.0 Å². The van der Waals surface area contributed by atoms with Crippen LogP contribution in [0.15, 0.2) is 0 Å². The molecular formula is C14H23N3O2. The molecule has 1 rings (SSSR count). The molecule has 1 unspecified atom stereocenters. The summed E-state index contributed by atoms with van der Waals surface area (Å²) in [6.07, 6.45) is 3.26. The minimum absolute atomic E-state index is 0.000320. The summed E-state index contributed by atoms with van der Waals surface area (Å²) >= 11 is 0. The quantitative estimate of drug-likeness (QED) is 0.754. The molecule has 19 heavy (non-hydrogen) atoms. The van der Waals surface area contributed by atoms with Gasteiger partial charge in [-0.2, -0.15) is 5.26 Å². The van der Waals surface area contributed by atoms with Crippen LogP contribution in [0.5, 0.6) is 0 Å². The molecule has 5 nitrogen and oxygen atoms in total. The topological polar surface area (TPSA) is 64.4 Å². The average molecular weight is 265 g/mol. The van der Waals surface area contributed by atoms with Crippen molar-refractivity contribution in [3.8, 4) is 6.07 Å². The highest BCUT2D eigenvalue weighted by atomic mass is 16.2. The van der Waals surface area contributed by atoms with E-state index in [-0.39, 0.29) is 11.8 Å². The maximum Gasteiger partial charge on any atom is 0.224 e. The fourth-order valence-corrected chi connectivity index (χ4v) is 2.17. The van der Waals surface area contributed by atoms with Crippen LogP contribution in [0.2, 0.25) is 0 Å². The van der Waals surface area contributed by atoms with Crippen molar-refractivity contribution in [1.82, 2.24) is 9.80 Å². The summed E-state index contributed by atoms with van der Waals surface area (Å²) in [6, 6.07) is 2.02. The molecular weight excluding hydrogens is 242 g/mol. The van der Waals surface area contributed by atoms with Crippen molar-refractivity contribution in [3.05, 3.63) is 0 Å². The van der Waals surface area contributed by atoms with Crippen molar-refractivity contribution in [1.29, 1.82) is 5.26 Å². The predicted molar refractivity (Wildman–Crippen MR) is 72.1 cm³/mol. The van der Waals surface area contributed by atoms with Gasteiger partial charge in [0.2, 0.25) is 11.8 Å². The molecule has 0 aromatic carbocycles. The molecule has 0 spiro atoms. The number of nitriles is 1. The summed E-state index contributed by atoms with van der Waals surface area (Å²) in [6.45, 7) is 3.88. The van der Waals surface area contributed by atoms with Crippen molar-refractivity contribution in [2.24, 2.45) is 5.92 Å². The van der Waals surface area contributed by atoms with Gasteiger partial charge >= 0.3 is 0 Å². The molecule has 0 aliphatic carbocycles. The first-order valence-electron chi connectivity index (χ1n) is 6.93. The van der Waals surface area contributed by atoms with Crippen LogP contribution in [0.4, 0.5) is 0 Å². The Labute approximate surface area is 115 Å². The number of hydrogen-bond donors (Lipinski definition) is 0. The van der Waals surface area contributed by atoms with E-state index < -0.39 is 0 Å². The predicted octanol–water partition coefficient (Wildman–Crippen LogP) is 1.40. The van der Waals surface area contributed by atoms with E-state index in [4.69, 9.17) is 5.26 Å². The summed E-state index contributed by atoms with van der Waals surface area (Å²) in [5.41, 5.74) is 0. The lowest BCUT2D eigenvalue weighted by atomic mass is 10.0. The number of carbonyl (C=O) groups is 2. The van der Waals surface area contributed by atoms with Gasteiger partial charge in [0.05, 0.1) is 12.5 Å². The fraction of sp³-hybridized carbons (Fsp3) is 0.786. The average Bonchev–Trinajstić information content (AvgIpc) is 2.56. The third-order valence-electron chi connectivity index (χ3n) is 3.68. The van der Waals surface area contributed by atoms with Gasteiger partial charge in [-0.15, -0.1) is 0 Å². The van der Waals surface area contributed by atoms with Crippen LogP contribution in [0, 0.1) is 17.2 Å². The highest BCUT2D eigenvalue weighted by Gasteiger charge is 2.21. The van der Waals surface area contributed by atoms with Gasteiger partial charge in [-0.25, -0.2) is 0 Å². The maximum absolute atomic E-state index is 11.9. The molecule has 1 aliphatic heterocycles. The lowest BCUT2D eigenvalue weighted by molar-refractivity contribution is -0.133. The lowest BCUT2D eigenvalue weighted by Crippen LogP contribution is -2.35. The molecule has 0 radical (unpaired) electrons. The zero-order valence-corrected chi connectivity index (χ0v) is 11.9. The van der Waals surface area contributed by atoms with Gasteiger partial charge in [-0.1, -0.05) is 6.92 Å². The van der Waals surface area contributed by atoms with Crippen molar-refractivity contribution in [3.63, 3.8) is 0 Å². The van der Waals surface area contributed by atoms with E-state index in [9.17, 15) is 9.59 Å². The van der Waals surface area contributed by atoms with Crippen LogP contribution in [-0.4, -0.2) is 48.3 Å². The van der Waals surface area contributed by atoms with Gasteiger partial charge in [-0.05, 0) is 18.8 Å². The number of nitrogens with zero attached hydrogens (tertiary/aromatic N) is 3. The Kier molecular flexibility index (Phi) is 6.34. The first-order chi connectivity index (χ1) is 9.04. The molecule has 0 saturated carbocycles. The molecule has 2 amide bonds. The number of likely N-dealkylation sites (tertiary alicyclic amines) is 1. The fourth-order valence-electron chi connectivity index (χ4n) is 2.17. The largest absolute Gasteiger partial charge is 0.345 e. The van der Waals surface area contributed by atoms with E-state index in [1.807, 2.05) is 6.07 Å². The SMILES string of the molecule is CC1CCC(=O)N(CCC(=O)N(C)CCC#N)CC1. The Morgan fingerprint density at radius 2 is 2.26 bits per heavy atom. The zero-order valence-electron chi connectivity index (χ0n) is 11.9. The standard InChI is InChI=1S/C14H23N3O2/c1-12-4-5-14(19)17(10-6-12)11-7-13(18)16(2)9-3-8-15/h12H,3-7,9-11H2,1-2H3. The van der Waals surface area contributed by atoms with E-state index in [1.54, 1.807) is 16.8 Å². The summed E-state index contributed by atoms with van der Waals surface area (Å²) in [4.78, 5) is 27.1. The number of carbonyl (C=O) groups excluding carboxylic acids is 2. The smallest absolute Gasteiger partial charge is 0.224 e. The maximum atomic E-state index is 11.9. The van der Waals surface area contributed by atoms with Crippen molar-refractivity contribution < 1.29 is 9.59 Å². The summed E-state index contributed by atoms with van der Waals surface area (Å²) < 4.78 is 0. The van der Waals surface area contributed by atoms with E-state index in [1.165, 1.54) is 0 Å². The van der Waals surface area contributed by atoms with Crippen LogP contribution in [-0.2, 0) is 9.59 Å². The molecule has 1 atom stereocenters. The second-order valence-corrected chi connectivity index (χ2v) is 5.29. The van der Waals surface area contributed by atoms with Crippen molar-refractivity contribution in [2.75, 3.05) is 26.7 Å². The Morgan fingerprint density at radius 3 is 2.95 bits per heavy atom. The third-order valence-corrected chi connectivity index (χ3v) is 3.68. The molecule has 106 valence electrons. The minimum atomic E-state index is 0.000320. The van der Waals surface area contributed by atoms with Crippen LogP contribution in [0.25, 0.3) is 0 Å². The van der Waals surface area contributed by atoms with Gasteiger partial charge in [0.25, 0.3) is 0 Å². The number of rotatable bonds is 5. The van der Waals surface area contributed by atoms with Gasteiger partial charge in [-0.3, -0.25) is 9.59 Å². The minimum Gasteiger partial charge on any atom is -0.345 e. The molecule has 0 bridgehead atoms. The Bertz CT molecular complexity index is 362. The van der Waals surface area contributed by atoms with Gasteiger partial charge < -0.3 is 9.80 Å². The van der Waals surface area contributed by atoms with Crippen molar-refractivity contribution in [2.45, 2.75) is 39.0 Å². The second-order valence-electron chi connectivity index (χ2n) is 5.29. The number of hydrogen-bond acceptors (Lipinski definition) is 3. The van der Waals surface area contributed by atoms with E-state index in [2.05, 4.69) is 6.92 Å². The monoisotopic (exact) mass is 265 g/mol. The van der Waals surface area contributed by atoms with E-state index in [0.717, 1.165) is 19.4 Å². The Morgan fingerprint density at radius 1 is 1.53 bits per heavy atom.